The minimum absolute atomic E-state index is 0.127. The number of hydrogen-bond acceptors (Lipinski definition) is 7. The van der Waals surface area contributed by atoms with Gasteiger partial charge in [-0.2, -0.15) is 17.9 Å². The van der Waals surface area contributed by atoms with Crippen LogP contribution >= 0.6 is 0 Å². The van der Waals surface area contributed by atoms with Crippen molar-refractivity contribution in [1.82, 2.24) is 30.1 Å². The van der Waals surface area contributed by atoms with E-state index in [0.29, 0.717) is 5.56 Å². The number of carbonyl (C=O) groups is 2. The maximum Gasteiger partial charge on any atom is 0.416 e. The van der Waals surface area contributed by atoms with Gasteiger partial charge in [0.15, 0.2) is 6.10 Å². The fourth-order valence-electron chi connectivity index (χ4n) is 6.81. The minimum Gasteiger partial charge on any atom is -0.382 e. The standard InChI is InChI=1S/C41H38F3N7O4/c1-27(2)36(37(54)41(42,43)44)45-35(53)26-49-33(29-16-8-4-9-17-29)24-25-34(38(49)55)50(28(3)52)39-46-47-48-51(39)40(30-18-10-5-11-19-30,31-20-12-6-13-21-31)32-22-14-7-15-23-32/h4-25,27,36-37,54H,26H2,1-3H3,(H,45,53). The van der Waals surface area contributed by atoms with Crippen LogP contribution in [0.5, 0.6) is 0 Å². The number of benzene rings is 4. The first-order valence-corrected chi connectivity index (χ1v) is 17.4. The molecular weight excluding hydrogens is 711 g/mol. The van der Waals surface area contributed by atoms with Crippen LogP contribution in [0.15, 0.2) is 138 Å². The molecule has 2 amide bonds. The predicted octanol–water partition coefficient (Wildman–Crippen LogP) is 6.09. The maximum atomic E-state index is 14.7. The van der Waals surface area contributed by atoms with Crippen molar-refractivity contribution < 1.29 is 27.9 Å². The summed E-state index contributed by atoms with van der Waals surface area (Å²) in [5.74, 6) is -2.55. The van der Waals surface area contributed by atoms with Crippen molar-refractivity contribution in [3.63, 3.8) is 0 Å². The van der Waals surface area contributed by atoms with Gasteiger partial charge in [-0.25, -0.2) is 4.90 Å². The molecule has 2 heterocycles. The Morgan fingerprint density at radius 1 is 0.782 bits per heavy atom. The SMILES string of the molecule is CC(=O)N(c1ccc(-c2ccccc2)n(CC(=O)NC(C(C)C)C(O)C(F)(F)F)c1=O)c1nnnn1C(c1ccccc1)(c1ccccc1)c1ccccc1. The van der Waals surface area contributed by atoms with E-state index in [1.165, 1.54) is 37.6 Å². The lowest BCUT2D eigenvalue weighted by molar-refractivity contribution is -0.215. The number of aliphatic hydroxyl groups is 1. The molecule has 0 bridgehead atoms. The van der Waals surface area contributed by atoms with Gasteiger partial charge in [-0.3, -0.25) is 19.0 Å². The largest absolute Gasteiger partial charge is 0.416 e. The summed E-state index contributed by atoms with van der Waals surface area (Å²) in [7, 11) is 0. The smallest absolute Gasteiger partial charge is 0.382 e. The molecule has 2 N–H and O–H groups in total. The number of alkyl halides is 3. The summed E-state index contributed by atoms with van der Waals surface area (Å²) in [5, 5.41) is 25.2. The number of carbonyl (C=O) groups excluding carboxylic acids is 2. The van der Waals surface area contributed by atoms with E-state index in [2.05, 4.69) is 20.8 Å². The highest BCUT2D eigenvalue weighted by Gasteiger charge is 2.46. The average Bonchev–Trinajstić information content (AvgIpc) is 3.66. The van der Waals surface area contributed by atoms with Crippen LogP contribution in [0.2, 0.25) is 0 Å². The van der Waals surface area contributed by atoms with Crippen LogP contribution in [0.25, 0.3) is 11.3 Å². The van der Waals surface area contributed by atoms with Gasteiger partial charge in [0.1, 0.15) is 17.8 Å². The molecule has 6 aromatic rings. The Morgan fingerprint density at radius 3 is 1.73 bits per heavy atom. The molecular formula is C41H38F3N7O4. The number of aromatic nitrogens is 5. The monoisotopic (exact) mass is 749 g/mol. The first kappa shape index (κ1) is 38.3. The van der Waals surface area contributed by atoms with Crippen LogP contribution in [0, 0.1) is 5.92 Å². The number of nitrogens with one attached hydrogen (secondary N) is 1. The molecule has 2 unspecified atom stereocenters. The molecule has 0 saturated heterocycles. The number of hydrogen-bond donors (Lipinski definition) is 2. The molecule has 0 spiro atoms. The average molecular weight is 750 g/mol. The molecule has 2 atom stereocenters. The molecule has 0 aliphatic rings. The zero-order valence-electron chi connectivity index (χ0n) is 30.1. The molecule has 0 fully saturated rings. The van der Waals surface area contributed by atoms with Crippen LogP contribution < -0.4 is 15.8 Å². The summed E-state index contributed by atoms with van der Waals surface area (Å²) >= 11 is 0. The van der Waals surface area contributed by atoms with E-state index in [9.17, 15) is 32.7 Å². The lowest BCUT2D eigenvalue weighted by Gasteiger charge is -2.37. The van der Waals surface area contributed by atoms with E-state index in [0.717, 1.165) is 26.2 Å². The van der Waals surface area contributed by atoms with Crippen molar-refractivity contribution in [2.45, 2.75) is 51.2 Å². The van der Waals surface area contributed by atoms with Gasteiger partial charge >= 0.3 is 6.18 Å². The first-order valence-electron chi connectivity index (χ1n) is 17.4. The van der Waals surface area contributed by atoms with Gasteiger partial charge in [0.2, 0.25) is 11.8 Å². The molecule has 6 rings (SSSR count). The lowest BCUT2D eigenvalue weighted by Crippen LogP contribution is -2.53. The lowest BCUT2D eigenvalue weighted by atomic mass is 9.77. The van der Waals surface area contributed by atoms with Crippen molar-refractivity contribution in [3.05, 3.63) is 161 Å². The molecule has 0 saturated carbocycles. The van der Waals surface area contributed by atoms with Crippen molar-refractivity contribution in [2.24, 2.45) is 5.92 Å². The number of aliphatic hydroxyl groups excluding tert-OH is 1. The summed E-state index contributed by atoms with van der Waals surface area (Å²) in [6, 6.07) is 38.1. The van der Waals surface area contributed by atoms with E-state index in [4.69, 9.17) is 0 Å². The third-order valence-electron chi connectivity index (χ3n) is 9.35. The van der Waals surface area contributed by atoms with Gasteiger partial charge < -0.3 is 10.4 Å². The second-order valence-corrected chi connectivity index (χ2v) is 13.2. The molecule has 0 radical (unpaired) electrons. The summed E-state index contributed by atoms with van der Waals surface area (Å²) in [6.45, 7) is 3.35. The highest BCUT2D eigenvalue weighted by atomic mass is 19.4. The van der Waals surface area contributed by atoms with Gasteiger partial charge in [-0.05, 0) is 50.7 Å². The van der Waals surface area contributed by atoms with E-state index in [1.807, 2.05) is 91.0 Å². The summed E-state index contributed by atoms with van der Waals surface area (Å²) in [6.07, 6.45) is -7.85. The number of nitrogens with zero attached hydrogens (tertiary/aromatic N) is 6. The van der Waals surface area contributed by atoms with Gasteiger partial charge in [0, 0.05) is 6.92 Å². The Bertz CT molecular complexity index is 2200. The summed E-state index contributed by atoms with van der Waals surface area (Å²) < 4.78 is 43.2. The van der Waals surface area contributed by atoms with Crippen LogP contribution in [-0.2, 0) is 21.7 Å². The van der Waals surface area contributed by atoms with E-state index in [1.54, 1.807) is 30.3 Å². The molecule has 0 aliphatic heterocycles. The number of halogens is 3. The van der Waals surface area contributed by atoms with Gasteiger partial charge in [0.05, 0.1) is 11.7 Å². The summed E-state index contributed by atoms with van der Waals surface area (Å²) in [4.78, 5) is 43.1. The van der Waals surface area contributed by atoms with E-state index >= 15 is 0 Å². The Balaban J connectivity index is 1.55. The number of pyridine rings is 1. The maximum absolute atomic E-state index is 14.7. The molecule has 2 aromatic heterocycles. The fraction of sp³-hybridized carbons (Fsp3) is 0.220. The second-order valence-electron chi connectivity index (χ2n) is 13.2. The molecule has 55 heavy (non-hydrogen) atoms. The van der Waals surface area contributed by atoms with Crippen LogP contribution in [0.4, 0.5) is 24.8 Å². The van der Waals surface area contributed by atoms with Crippen LogP contribution in [-0.4, -0.2) is 60.0 Å². The normalized spacial score (nSPS) is 12.9. The second kappa shape index (κ2) is 15.9. The Kier molecular flexibility index (Phi) is 11.1. The van der Waals surface area contributed by atoms with E-state index in [-0.39, 0.29) is 17.3 Å². The molecule has 282 valence electrons. The minimum atomic E-state index is -5.01. The quantitative estimate of drug-likeness (QED) is 0.145. The van der Waals surface area contributed by atoms with Gasteiger partial charge in [-0.1, -0.05) is 140 Å². The third-order valence-corrected chi connectivity index (χ3v) is 9.35. The predicted molar refractivity (Wildman–Crippen MR) is 200 cm³/mol. The van der Waals surface area contributed by atoms with Crippen LogP contribution in [0.1, 0.15) is 37.5 Å². The van der Waals surface area contributed by atoms with Crippen molar-refractivity contribution >= 4 is 23.5 Å². The third kappa shape index (κ3) is 7.53. The number of tetrazole rings is 1. The highest BCUT2D eigenvalue weighted by molar-refractivity contribution is 5.97. The number of amides is 2. The Hall–Kier alpha value is -6.41. The highest BCUT2D eigenvalue weighted by Crippen LogP contribution is 2.42. The fourth-order valence-corrected chi connectivity index (χ4v) is 6.81. The molecule has 0 aliphatic carbocycles. The Morgan fingerprint density at radius 2 is 1.27 bits per heavy atom. The first-order chi connectivity index (χ1) is 26.4. The van der Waals surface area contributed by atoms with Crippen molar-refractivity contribution in [1.29, 1.82) is 0 Å². The Labute approximate surface area is 314 Å². The van der Waals surface area contributed by atoms with E-state index < -0.39 is 53.7 Å². The molecule has 4 aromatic carbocycles. The molecule has 11 nitrogen and oxygen atoms in total. The van der Waals surface area contributed by atoms with Crippen LogP contribution in [0.3, 0.4) is 0 Å². The number of rotatable bonds is 12. The van der Waals surface area contributed by atoms with Gasteiger partial charge in [0.25, 0.3) is 11.5 Å². The molecule has 14 heteroatoms. The zero-order chi connectivity index (χ0) is 39.3. The van der Waals surface area contributed by atoms with Gasteiger partial charge in [-0.15, -0.1) is 0 Å². The summed E-state index contributed by atoms with van der Waals surface area (Å²) in [5.41, 5.74) is 0.626. The topological polar surface area (TPSA) is 135 Å². The van der Waals surface area contributed by atoms with Crippen molar-refractivity contribution in [3.8, 4) is 11.3 Å². The van der Waals surface area contributed by atoms with Crippen molar-refractivity contribution in [2.75, 3.05) is 4.90 Å². The zero-order valence-corrected chi connectivity index (χ0v) is 30.1. The number of anilines is 2.